The number of thioether (sulfide) groups is 1. The van der Waals surface area contributed by atoms with E-state index in [0.29, 0.717) is 12.4 Å². The maximum atomic E-state index is 5.74. The summed E-state index contributed by atoms with van der Waals surface area (Å²) in [6.45, 7) is 4.67. The Bertz CT molecular complexity index is 839. The summed E-state index contributed by atoms with van der Waals surface area (Å²) in [6.07, 6.45) is 4.66. The molecular formula is C19H21N3O2S. The van der Waals surface area contributed by atoms with Crippen molar-refractivity contribution in [3.63, 3.8) is 0 Å². The molecule has 25 heavy (non-hydrogen) atoms. The third-order valence-corrected chi connectivity index (χ3v) is 4.36. The fraction of sp³-hybridized carbons (Fsp3) is 0.263. The van der Waals surface area contributed by atoms with E-state index in [1.807, 2.05) is 49.4 Å². The number of aromatic nitrogens is 3. The lowest BCUT2D eigenvalue weighted by atomic mass is 10.2. The van der Waals surface area contributed by atoms with Gasteiger partial charge < -0.3 is 9.15 Å². The quantitative estimate of drug-likeness (QED) is 0.467. The maximum absolute atomic E-state index is 5.74. The molecule has 3 rings (SSSR count). The molecule has 0 saturated carbocycles. The topological polar surface area (TPSA) is 63.9 Å². The van der Waals surface area contributed by atoms with Crippen LogP contribution in [0.25, 0.3) is 12.2 Å². The monoisotopic (exact) mass is 355 g/mol. The van der Waals surface area contributed by atoms with E-state index in [9.17, 15) is 0 Å². The van der Waals surface area contributed by atoms with Crippen LogP contribution in [0.3, 0.4) is 0 Å². The maximum Gasteiger partial charge on any atom is 0.208 e. The summed E-state index contributed by atoms with van der Waals surface area (Å²) in [5.41, 5.74) is 1.21. The van der Waals surface area contributed by atoms with Crippen molar-refractivity contribution in [2.45, 2.75) is 25.4 Å². The van der Waals surface area contributed by atoms with Crippen LogP contribution >= 0.6 is 11.8 Å². The molecule has 2 heterocycles. The van der Waals surface area contributed by atoms with Gasteiger partial charge in [0.05, 0.1) is 6.61 Å². The van der Waals surface area contributed by atoms with Gasteiger partial charge in [0.1, 0.15) is 23.1 Å². The number of aromatic amines is 1. The number of hydrogen-bond acceptors (Lipinski definition) is 5. The van der Waals surface area contributed by atoms with Gasteiger partial charge in [-0.05, 0) is 62.2 Å². The Hall–Kier alpha value is -2.47. The number of aryl methyl sites for hydroxylation is 2. The summed E-state index contributed by atoms with van der Waals surface area (Å²) in [4.78, 5) is 4.43. The summed E-state index contributed by atoms with van der Waals surface area (Å²) >= 11 is 1.61. The van der Waals surface area contributed by atoms with Crippen molar-refractivity contribution in [1.29, 1.82) is 0 Å². The molecule has 0 atom stereocenters. The fourth-order valence-electron chi connectivity index (χ4n) is 2.22. The first kappa shape index (κ1) is 17.4. The third-order valence-electron chi connectivity index (χ3n) is 3.43. The van der Waals surface area contributed by atoms with E-state index in [0.717, 1.165) is 34.6 Å². The highest BCUT2D eigenvalue weighted by Crippen LogP contribution is 2.16. The summed E-state index contributed by atoms with van der Waals surface area (Å²) in [5.74, 6) is 4.23. The third kappa shape index (κ3) is 5.53. The van der Waals surface area contributed by atoms with E-state index in [1.165, 1.54) is 5.56 Å². The first-order chi connectivity index (χ1) is 12.2. The highest BCUT2D eigenvalue weighted by atomic mass is 32.2. The van der Waals surface area contributed by atoms with E-state index in [4.69, 9.17) is 9.15 Å². The van der Waals surface area contributed by atoms with Gasteiger partial charge >= 0.3 is 0 Å². The first-order valence-electron chi connectivity index (χ1n) is 8.18. The van der Waals surface area contributed by atoms with Crippen molar-refractivity contribution in [2.75, 3.05) is 12.4 Å². The van der Waals surface area contributed by atoms with Crippen molar-refractivity contribution in [2.24, 2.45) is 0 Å². The molecule has 0 bridgehead atoms. The van der Waals surface area contributed by atoms with E-state index in [-0.39, 0.29) is 0 Å². The molecule has 0 spiro atoms. The number of rotatable bonds is 8. The Kier molecular flexibility index (Phi) is 5.95. The molecule has 5 nitrogen and oxygen atoms in total. The van der Waals surface area contributed by atoms with Crippen molar-refractivity contribution >= 4 is 23.9 Å². The molecule has 0 aliphatic carbocycles. The van der Waals surface area contributed by atoms with Crippen LogP contribution < -0.4 is 4.74 Å². The molecule has 0 radical (unpaired) electrons. The number of nitrogens with zero attached hydrogens (tertiary/aromatic N) is 2. The Morgan fingerprint density at radius 2 is 2.12 bits per heavy atom. The van der Waals surface area contributed by atoms with Gasteiger partial charge in [-0.15, -0.1) is 5.10 Å². The average molecular weight is 355 g/mol. The molecule has 0 unspecified atom stereocenters. The highest BCUT2D eigenvalue weighted by molar-refractivity contribution is 7.99. The molecule has 1 aromatic carbocycles. The van der Waals surface area contributed by atoms with E-state index >= 15 is 0 Å². The van der Waals surface area contributed by atoms with Gasteiger partial charge in [-0.1, -0.05) is 23.9 Å². The van der Waals surface area contributed by atoms with Crippen LogP contribution in [0.15, 0.2) is 46.0 Å². The normalized spacial score (nSPS) is 11.3. The Balaban J connectivity index is 1.39. The minimum absolute atomic E-state index is 0.686. The SMILES string of the molecule is Cc1cccc(OCCCSc2n[nH]c(/C=C/c3ccc(C)o3)n2)c1. The second-order valence-electron chi connectivity index (χ2n) is 5.65. The predicted molar refractivity (Wildman–Crippen MR) is 101 cm³/mol. The number of ether oxygens (including phenoxy) is 1. The van der Waals surface area contributed by atoms with Crippen molar-refractivity contribution in [3.8, 4) is 5.75 Å². The minimum atomic E-state index is 0.686. The average Bonchev–Trinajstić information content (AvgIpc) is 3.21. The van der Waals surface area contributed by atoms with Crippen LogP contribution in [-0.2, 0) is 0 Å². The summed E-state index contributed by atoms with van der Waals surface area (Å²) in [7, 11) is 0. The molecule has 0 aliphatic heterocycles. The van der Waals surface area contributed by atoms with Crippen LogP contribution in [0.2, 0.25) is 0 Å². The van der Waals surface area contributed by atoms with E-state index < -0.39 is 0 Å². The molecular weight excluding hydrogens is 334 g/mol. The molecule has 0 fully saturated rings. The van der Waals surface area contributed by atoms with Crippen LogP contribution in [-0.4, -0.2) is 27.5 Å². The predicted octanol–water partition coefficient (Wildman–Crippen LogP) is 4.75. The second-order valence-corrected chi connectivity index (χ2v) is 6.71. The van der Waals surface area contributed by atoms with Gasteiger partial charge in [-0.25, -0.2) is 4.98 Å². The van der Waals surface area contributed by atoms with Gasteiger partial charge in [0.15, 0.2) is 0 Å². The molecule has 6 heteroatoms. The Morgan fingerprint density at radius 1 is 1.20 bits per heavy atom. The van der Waals surface area contributed by atoms with Gasteiger partial charge in [0, 0.05) is 5.75 Å². The molecule has 0 saturated heterocycles. The van der Waals surface area contributed by atoms with Gasteiger partial charge in [-0.3, -0.25) is 5.10 Å². The van der Waals surface area contributed by atoms with E-state index in [1.54, 1.807) is 11.8 Å². The number of H-pyrrole nitrogens is 1. The molecule has 0 aliphatic rings. The lowest BCUT2D eigenvalue weighted by molar-refractivity contribution is 0.318. The van der Waals surface area contributed by atoms with Crippen LogP contribution in [0.4, 0.5) is 0 Å². The van der Waals surface area contributed by atoms with Crippen LogP contribution in [0.1, 0.15) is 29.3 Å². The molecule has 2 aromatic heterocycles. The number of benzene rings is 1. The standard InChI is InChI=1S/C19H21N3O2S/c1-14-5-3-6-17(13-14)23-11-4-12-25-19-20-18(21-22-19)10-9-16-8-7-15(2)24-16/h3,5-10,13H,4,11-12H2,1-2H3,(H,20,21,22)/b10-9+. The summed E-state index contributed by atoms with van der Waals surface area (Å²) in [5, 5.41) is 7.86. The first-order valence-corrected chi connectivity index (χ1v) is 9.17. The number of hydrogen-bond donors (Lipinski definition) is 1. The van der Waals surface area contributed by atoms with Gasteiger partial charge in [0.25, 0.3) is 0 Å². The number of nitrogens with one attached hydrogen (secondary N) is 1. The number of furan rings is 1. The molecule has 0 amide bonds. The largest absolute Gasteiger partial charge is 0.494 e. The van der Waals surface area contributed by atoms with Crippen LogP contribution in [0.5, 0.6) is 5.75 Å². The van der Waals surface area contributed by atoms with Crippen molar-refractivity contribution in [3.05, 3.63) is 59.3 Å². The Labute approximate surface area is 151 Å². The minimum Gasteiger partial charge on any atom is -0.494 e. The fourth-order valence-corrected chi connectivity index (χ4v) is 2.94. The van der Waals surface area contributed by atoms with Gasteiger partial charge in [0.2, 0.25) is 5.16 Å². The smallest absolute Gasteiger partial charge is 0.208 e. The molecule has 3 aromatic rings. The zero-order valence-corrected chi connectivity index (χ0v) is 15.2. The lowest BCUT2D eigenvalue weighted by Crippen LogP contribution is -1.98. The van der Waals surface area contributed by atoms with Crippen molar-refractivity contribution in [1.82, 2.24) is 15.2 Å². The Morgan fingerprint density at radius 3 is 2.92 bits per heavy atom. The highest BCUT2D eigenvalue weighted by Gasteiger charge is 2.02. The lowest BCUT2D eigenvalue weighted by Gasteiger charge is -2.05. The molecule has 130 valence electrons. The zero-order valence-electron chi connectivity index (χ0n) is 14.4. The summed E-state index contributed by atoms with van der Waals surface area (Å²) in [6, 6.07) is 11.9. The van der Waals surface area contributed by atoms with Crippen molar-refractivity contribution < 1.29 is 9.15 Å². The van der Waals surface area contributed by atoms with Crippen LogP contribution in [0, 0.1) is 13.8 Å². The zero-order chi connectivity index (χ0) is 17.5. The van der Waals surface area contributed by atoms with E-state index in [2.05, 4.69) is 28.2 Å². The summed E-state index contributed by atoms with van der Waals surface area (Å²) < 4.78 is 11.2. The van der Waals surface area contributed by atoms with Gasteiger partial charge in [-0.2, -0.15) is 0 Å². The second kappa shape index (κ2) is 8.58. The molecule has 1 N–H and O–H groups in total.